The van der Waals surface area contributed by atoms with Crippen LogP contribution in [0.3, 0.4) is 0 Å². The summed E-state index contributed by atoms with van der Waals surface area (Å²) >= 11 is 5.72. The van der Waals surface area contributed by atoms with Crippen molar-refractivity contribution in [2.24, 2.45) is 0 Å². The summed E-state index contributed by atoms with van der Waals surface area (Å²) in [4.78, 5) is 19.5. The number of benzene rings is 1. The third kappa shape index (κ3) is 6.34. The van der Waals surface area contributed by atoms with E-state index in [-0.39, 0.29) is 22.2 Å². The number of hydrogen-bond donors (Lipinski definition) is 1. The molecule has 0 bridgehead atoms. The van der Waals surface area contributed by atoms with E-state index >= 15 is 0 Å². The van der Waals surface area contributed by atoms with Gasteiger partial charge in [-0.15, -0.1) is 13.2 Å². The number of alkyl halides is 6. The van der Waals surface area contributed by atoms with Crippen LogP contribution in [-0.2, 0) is 0 Å². The van der Waals surface area contributed by atoms with Gasteiger partial charge in [0, 0.05) is 12.0 Å². The minimum absolute atomic E-state index is 0.0679. The molecule has 1 atom stereocenters. The Morgan fingerprint density at radius 2 is 1.71 bits per heavy atom. The van der Waals surface area contributed by atoms with Crippen molar-refractivity contribution < 1.29 is 41.0 Å². The fraction of sp³-hybridized carbons (Fsp3) is 0.312. The SMILES string of the molecule is O=C(CC[C@H](O)C(F)(F)F)c1cc(-c2ccc(OC(F)(F)F)cc2)nc(Cl)n1. The van der Waals surface area contributed by atoms with Gasteiger partial charge in [-0.2, -0.15) is 13.2 Å². The van der Waals surface area contributed by atoms with Crippen molar-refractivity contribution in [1.82, 2.24) is 9.97 Å². The lowest BCUT2D eigenvalue weighted by atomic mass is 10.1. The van der Waals surface area contributed by atoms with Crippen molar-refractivity contribution in [2.75, 3.05) is 0 Å². The molecular formula is C16H11ClF6N2O3. The highest BCUT2D eigenvalue weighted by Gasteiger charge is 2.38. The molecule has 0 amide bonds. The molecule has 0 radical (unpaired) electrons. The molecule has 0 saturated carbocycles. The monoisotopic (exact) mass is 428 g/mol. The van der Waals surface area contributed by atoms with Crippen LogP contribution < -0.4 is 4.74 Å². The van der Waals surface area contributed by atoms with E-state index in [1.807, 2.05) is 0 Å². The molecule has 0 aliphatic rings. The minimum Gasteiger partial charge on any atom is -0.406 e. The zero-order chi connectivity index (χ0) is 21.1. The van der Waals surface area contributed by atoms with E-state index in [0.29, 0.717) is 0 Å². The number of aliphatic hydroxyl groups is 1. The summed E-state index contributed by atoms with van der Waals surface area (Å²) < 4.78 is 77.2. The topological polar surface area (TPSA) is 72.3 Å². The van der Waals surface area contributed by atoms with Crippen molar-refractivity contribution >= 4 is 17.4 Å². The number of ketones is 1. The number of carbonyl (C=O) groups is 1. The van der Waals surface area contributed by atoms with Crippen molar-refractivity contribution in [3.05, 3.63) is 41.3 Å². The average Bonchev–Trinajstić information content (AvgIpc) is 2.57. The highest BCUT2D eigenvalue weighted by atomic mass is 35.5. The summed E-state index contributed by atoms with van der Waals surface area (Å²) in [5.74, 6) is -1.29. The van der Waals surface area contributed by atoms with Crippen molar-refractivity contribution in [2.45, 2.75) is 31.5 Å². The van der Waals surface area contributed by atoms with Crippen LogP contribution in [0.5, 0.6) is 5.75 Å². The second-order valence-electron chi connectivity index (χ2n) is 5.50. The Morgan fingerprint density at radius 1 is 1.11 bits per heavy atom. The lowest BCUT2D eigenvalue weighted by Gasteiger charge is -2.13. The fourth-order valence-electron chi connectivity index (χ4n) is 2.10. The van der Waals surface area contributed by atoms with Crippen LogP contribution in [0.1, 0.15) is 23.3 Å². The lowest BCUT2D eigenvalue weighted by molar-refractivity contribution is -0.274. The Kier molecular flexibility index (Phi) is 6.50. The van der Waals surface area contributed by atoms with Crippen LogP contribution in [0.2, 0.25) is 5.28 Å². The van der Waals surface area contributed by atoms with Gasteiger partial charge in [-0.1, -0.05) is 0 Å². The summed E-state index contributed by atoms with van der Waals surface area (Å²) in [6.45, 7) is 0. The number of aromatic nitrogens is 2. The van der Waals surface area contributed by atoms with Crippen LogP contribution in [0, 0.1) is 0 Å². The van der Waals surface area contributed by atoms with Crippen LogP contribution in [-0.4, -0.2) is 39.5 Å². The summed E-state index contributed by atoms with van der Waals surface area (Å²) in [5.41, 5.74) is 0.0430. The molecule has 0 aliphatic carbocycles. The first-order valence-electron chi connectivity index (χ1n) is 7.54. The Balaban J connectivity index is 2.17. The third-order valence-electron chi connectivity index (χ3n) is 3.39. The largest absolute Gasteiger partial charge is 0.573 e. The molecule has 0 fully saturated rings. The molecule has 152 valence electrons. The summed E-state index contributed by atoms with van der Waals surface area (Å²) in [5, 5.41) is 8.57. The van der Waals surface area contributed by atoms with E-state index in [1.54, 1.807) is 0 Å². The van der Waals surface area contributed by atoms with Crippen LogP contribution in [0.25, 0.3) is 11.3 Å². The van der Waals surface area contributed by atoms with E-state index in [1.165, 1.54) is 12.1 Å². The number of ether oxygens (including phenoxy) is 1. The smallest absolute Gasteiger partial charge is 0.406 e. The van der Waals surface area contributed by atoms with Gasteiger partial charge in [-0.3, -0.25) is 4.79 Å². The van der Waals surface area contributed by atoms with Crippen molar-refractivity contribution in [1.29, 1.82) is 0 Å². The maximum atomic E-state index is 12.3. The Hall–Kier alpha value is -2.40. The zero-order valence-corrected chi connectivity index (χ0v) is 14.4. The van der Waals surface area contributed by atoms with Gasteiger partial charge in [-0.25, -0.2) is 9.97 Å². The van der Waals surface area contributed by atoms with E-state index in [4.69, 9.17) is 16.7 Å². The van der Waals surface area contributed by atoms with E-state index in [0.717, 1.165) is 18.2 Å². The van der Waals surface area contributed by atoms with Crippen LogP contribution >= 0.6 is 11.6 Å². The first kappa shape index (κ1) is 21.9. The summed E-state index contributed by atoms with van der Waals surface area (Å²) in [7, 11) is 0. The predicted molar refractivity (Wildman–Crippen MR) is 84.8 cm³/mol. The third-order valence-corrected chi connectivity index (χ3v) is 3.56. The van der Waals surface area contributed by atoms with Gasteiger partial charge in [0.2, 0.25) is 5.28 Å². The quantitative estimate of drug-likeness (QED) is 0.414. The molecule has 0 unspecified atom stereocenters. The van der Waals surface area contributed by atoms with Gasteiger partial charge in [0.25, 0.3) is 0 Å². The first-order chi connectivity index (χ1) is 12.8. The van der Waals surface area contributed by atoms with E-state index in [9.17, 15) is 31.1 Å². The molecule has 1 aromatic carbocycles. The van der Waals surface area contributed by atoms with Gasteiger partial charge in [-0.05, 0) is 48.4 Å². The predicted octanol–water partition coefficient (Wildman–Crippen LogP) is 4.58. The van der Waals surface area contributed by atoms with E-state index < -0.39 is 43.0 Å². The zero-order valence-electron chi connectivity index (χ0n) is 13.7. The number of carbonyl (C=O) groups excluding carboxylic acids is 1. The highest BCUT2D eigenvalue weighted by molar-refractivity contribution is 6.28. The molecule has 5 nitrogen and oxygen atoms in total. The number of nitrogens with zero attached hydrogens (tertiary/aromatic N) is 2. The second-order valence-corrected chi connectivity index (χ2v) is 5.84. The number of aliphatic hydroxyl groups excluding tert-OH is 1. The maximum Gasteiger partial charge on any atom is 0.573 e. The maximum absolute atomic E-state index is 12.3. The van der Waals surface area contributed by atoms with E-state index in [2.05, 4.69) is 14.7 Å². The van der Waals surface area contributed by atoms with Crippen LogP contribution in [0.15, 0.2) is 30.3 Å². The Bertz CT molecular complexity index is 840. The number of hydrogen-bond acceptors (Lipinski definition) is 5. The molecule has 1 N–H and O–H groups in total. The standard InChI is InChI=1S/C16H11ClF6N2O3/c17-14-24-10(8-1-3-9(4-2-8)28-16(21,22)23)7-11(25-14)12(26)5-6-13(27)15(18,19)20/h1-4,7,13,27H,5-6H2/t13-/m0/s1. The van der Waals surface area contributed by atoms with Gasteiger partial charge in [0.05, 0.1) is 5.69 Å². The molecular weight excluding hydrogens is 418 g/mol. The Morgan fingerprint density at radius 3 is 2.25 bits per heavy atom. The van der Waals surface area contributed by atoms with Crippen molar-refractivity contribution in [3.63, 3.8) is 0 Å². The average molecular weight is 429 g/mol. The summed E-state index contributed by atoms with van der Waals surface area (Å²) in [6.07, 6.45) is -13.9. The van der Waals surface area contributed by atoms with Gasteiger partial charge < -0.3 is 9.84 Å². The minimum atomic E-state index is -4.86. The van der Waals surface area contributed by atoms with Crippen molar-refractivity contribution in [3.8, 4) is 17.0 Å². The number of Topliss-reactive ketones (excluding diaryl/α,β-unsaturated/α-hetero) is 1. The molecule has 0 spiro atoms. The molecule has 1 aromatic heterocycles. The molecule has 0 saturated heterocycles. The van der Waals surface area contributed by atoms with Gasteiger partial charge in [0.15, 0.2) is 5.78 Å². The van der Waals surface area contributed by atoms with Gasteiger partial charge >= 0.3 is 12.5 Å². The number of halogens is 7. The molecule has 2 rings (SSSR count). The first-order valence-corrected chi connectivity index (χ1v) is 7.92. The summed E-state index contributed by atoms with van der Waals surface area (Å²) in [6, 6.07) is 5.61. The lowest BCUT2D eigenvalue weighted by Crippen LogP contribution is -2.29. The molecule has 1 heterocycles. The fourth-order valence-corrected chi connectivity index (χ4v) is 2.28. The molecule has 12 heteroatoms. The van der Waals surface area contributed by atoms with Crippen LogP contribution in [0.4, 0.5) is 26.3 Å². The van der Waals surface area contributed by atoms with Gasteiger partial charge in [0.1, 0.15) is 17.5 Å². The molecule has 0 aliphatic heterocycles. The second kappa shape index (κ2) is 8.31. The normalized spacial score (nSPS) is 13.3. The highest BCUT2D eigenvalue weighted by Crippen LogP contribution is 2.27. The molecule has 2 aromatic rings. The number of rotatable bonds is 6. The molecule has 28 heavy (non-hydrogen) atoms. The Labute approximate surface area is 158 Å².